The summed E-state index contributed by atoms with van der Waals surface area (Å²) in [4.78, 5) is 11.0. The van der Waals surface area contributed by atoms with Gasteiger partial charge in [-0.15, -0.1) is 0 Å². The maximum Gasteiger partial charge on any atom is 0.335 e. The van der Waals surface area contributed by atoms with E-state index in [0.717, 1.165) is 28.1 Å². The van der Waals surface area contributed by atoms with Crippen molar-refractivity contribution >= 4 is 23.3 Å². The Balaban J connectivity index is 1.61. The molecule has 0 amide bonds. The fourth-order valence-electron chi connectivity index (χ4n) is 2.73. The molecule has 0 atom stereocenters. The fourth-order valence-corrected chi connectivity index (χ4v) is 2.94. The zero-order valence-corrected chi connectivity index (χ0v) is 15.7. The normalized spacial score (nSPS) is 10.4. The van der Waals surface area contributed by atoms with E-state index >= 15 is 0 Å². The van der Waals surface area contributed by atoms with Crippen LogP contribution in [-0.4, -0.2) is 11.1 Å². The van der Waals surface area contributed by atoms with Gasteiger partial charge < -0.3 is 15.2 Å². The maximum atomic E-state index is 11.0. The third kappa shape index (κ3) is 5.25. The molecule has 3 aromatic rings. The third-order valence-electron chi connectivity index (χ3n) is 4.15. The quantitative estimate of drug-likeness (QED) is 0.564. The van der Waals surface area contributed by atoms with Crippen LogP contribution in [0.2, 0.25) is 5.02 Å². The van der Waals surface area contributed by atoms with E-state index in [-0.39, 0.29) is 5.56 Å². The Kier molecular flexibility index (Phi) is 5.99. The predicted molar refractivity (Wildman–Crippen MR) is 108 cm³/mol. The molecule has 0 heterocycles. The second-order valence-electron chi connectivity index (χ2n) is 6.25. The van der Waals surface area contributed by atoms with Gasteiger partial charge in [-0.25, -0.2) is 4.79 Å². The van der Waals surface area contributed by atoms with Crippen molar-refractivity contribution in [1.82, 2.24) is 0 Å². The summed E-state index contributed by atoms with van der Waals surface area (Å²) in [6.45, 7) is 2.95. The number of carboxylic acid groups (broad SMARTS) is 1. The molecular weight excluding hydrogens is 362 g/mol. The molecule has 0 aliphatic carbocycles. The Labute approximate surface area is 163 Å². The number of rotatable bonds is 7. The summed E-state index contributed by atoms with van der Waals surface area (Å²) in [6, 6.07) is 20.5. The van der Waals surface area contributed by atoms with E-state index in [9.17, 15) is 4.79 Å². The van der Waals surface area contributed by atoms with Crippen LogP contribution in [0, 0.1) is 6.92 Å². The van der Waals surface area contributed by atoms with Crippen molar-refractivity contribution < 1.29 is 14.6 Å². The van der Waals surface area contributed by atoms with Gasteiger partial charge in [0, 0.05) is 17.3 Å². The van der Waals surface area contributed by atoms with Crippen LogP contribution < -0.4 is 10.1 Å². The number of carboxylic acids is 1. The summed E-state index contributed by atoms with van der Waals surface area (Å²) >= 11 is 5.99. The summed E-state index contributed by atoms with van der Waals surface area (Å²) < 4.78 is 5.85. The van der Waals surface area contributed by atoms with Crippen molar-refractivity contribution in [3.8, 4) is 5.75 Å². The molecule has 3 aromatic carbocycles. The lowest BCUT2D eigenvalue weighted by atomic mass is 10.1. The van der Waals surface area contributed by atoms with Gasteiger partial charge in [0.15, 0.2) is 0 Å². The Morgan fingerprint density at radius 1 is 1.04 bits per heavy atom. The van der Waals surface area contributed by atoms with E-state index in [0.29, 0.717) is 18.2 Å². The first-order valence-electron chi connectivity index (χ1n) is 8.55. The van der Waals surface area contributed by atoms with Gasteiger partial charge in [0.05, 0.1) is 5.56 Å². The SMILES string of the molecule is Cc1cc(C(=O)O)ccc1NCc1cccc(OCc2cccc(Cl)c2)c1. The molecule has 2 N–H and O–H groups in total. The summed E-state index contributed by atoms with van der Waals surface area (Å²) in [5, 5.41) is 13.1. The maximum absolute atomic E-state index is 11.0. The molecule has 0 saturated carbocycles. The van der Waals surface area contributed by atoms with Crippen LogP contribution in [0.25, 0.3) is 0 Å². The van der Waals surface area contributed by atoms with Gasteiger partial charge in [0.25, 0.3) is 0 Å². The van der Waals surface area contributed by atoms with Crippen LogP contribution >= 0.6 is 11.6 Å². The minimum absolute atomic E-state index is 0.287. The molecule has 0 saturated heterocycles. The molecule has 3 rings (SSSR count). The second kappa shape index (κ2) is 8.60. The molecule has 0 aromatic heterocycles. The number of hydrogen-bond acceptors (Lipinski definition) is 3. The topological polar surface area (TPSA) is 58.6 Å². The third-order valence-corrected chi connectivity index (χ3v) is 4.38. The number of nitrogens with one attached hydrogen (secondary N) is 1. The Hall–Kier alpha value is -2.98. The number of aromatic carboxylic acids is 1. The number of benzene rings is 3. The average molecular weight is 382 g/mol. The number of anilines is 1. The van der Waals surface area contributed by atoms with Crippen molar-refractivity contribution in [2.45, 2.75) is 20.1 Å². The lowest BCUT2D eigenvalue weighted by molar-refractivity contribution is 0.0697. The molecule has 0 fully saturated rings. The summed E-state index contributed by atoms with van der Waals surface area (Å²) in [7, 11) is 0. The number of hydrogen-bond donors (Lipinski definition) is 2. The predicted octanol–water partition coefficient (Wildman–Crippen LogP) is 5.54. The van der Waals surface area contributed by atoms with Gasteiger partial charge in [-0.3, -0.25) is 0 Å². The van der Waals surface area contributed by atoms with E-state index in [2.05, 4.69) is 5.32 Å². The zero-order chi connectivity index (χ0) is 19.2. The van der Waals surface area contributed by atoms with Crippen LogP contribution in [0.4, 0.5) is 5.69 Å². The van der Waals surface area contributed by atoms with E-state index < -0.39 is 5.97 Å². The largest absolute Gasteiger partial charge is 0.489 e. The fraction of sp³-hybridized carbons (Fsp3) is 0.136. The molecular formula is C22H20ClNO3. The highest BCUT2D eigenvalue weighted by atomic mass is 35.5. The Bertz CT molecular complexity index is 956. The van der Waals surface area contributed by atoms with Crippen LogP contribution in [0.5, 0.6) is 5.75 Å². The average Bonchev–Trinajstić information content (AvgIpc) is 2.66. The number of halogens is 1. The van der Waals surface area contributed by atoms with E-state index in [1.54, 1.807) is 18.2 Å². The Morgan fingerprint density at radius 3 is 2.56 bits per heavy atom. The standard InChI is InChI=1S/C22H20ClNO3/c1-15-10-18(22(25)26)8-9-21(15)24-13-16-4-3-7-20(12-16)27-14-17-5-2-6-19(23)11-17/h2-12,24H,13-14H2,1H3,(H,25,26). The molecule has 27 heavy (non-hydrogen) atoms. The smallest absolute Gasteiger partial charge is 0.335 e. The van der Waals surface area contributed by atoms with Crippen LogP contribution in [0.15, 0.2) is 66.7 Å². The van der Waals surface area contributed by atoms with Gasteiger partial charge >= 0.3 is 5.97 Å². The van der Waals surface area contributed by atoms with Crippen LogP contribution in [0.3, 0.4) is 0 Å². The molecule has 0 spiro atoms. The van der Waals surface area contributed by atoms with Crippen molar-refractivity contribution in [2.24, 2.45) is 0 Å². The summed E-state index contributed by atoms with van der Waals surface area (Å²) in [6.07, 6.45) is 0. The summed E-state index contributed by atoms with van der Waals surface area (Å²) in [5.74, 6) is -0.138. The highest BCUT2D eigenvalue weighted by Crippen LogP contribution is 2.20. The molecule has 0 aliphatic heterocycles. The summed E-state index contributed by atoms with van der Waals surface area (Å²) in [5.41, 5.74) is 4.17. The second-order valence-corrected chi connectivity index (χ2v) is 6.69. The van der Waals surface area contributed by atoms with E-state index in [1.165, 1.54) is 0 Å². The Morgan fingerprint density at radius 2 is 1.81 bits per heavy atom. The molecule has 0 bridgehead atoms. The van der Waals surface area contributed by atoms with Crippen molar-refractivity contribution in [2.75, 3.05) is 5.32 Å². The lowest BCUT2D eigenvalue weighted by Gasteiger charge is -2.12. The number of ether oxygens (including phenoxy) is 1. The highest BCUT2D eigenvalue weighted by molar-refractivity contribution is 6.30. The van der Waals surface area contributed by atoms with E-state index in [4.69, 9.17) is 21.4 Å². The van der Waals surface area contributed by atoms with Gasteiger partial charge in [0.1, 0.15) is 12.4 Å². The van der Waals surface area contributed by atoms with Gasteiger partial charge in [-0.05, 0) is 66.1 Å². The molecule has 4 nitrogen and oxygen atoms in total. The number of carbonyl (C=O) groups is 1. The molecule has 138 valence electrons. The first-order valence-corrected chi connectivity index (χ1v) is 8.93. The first kappa shape index (κ1) is 18.8. The first-order chi connectivity index (χ1) is 13.0. The van der Waals surface area contributed by atoms with Gasteiger partial charge in [0.2, 0.25) is 0 Å². The molecule has 5 heteroatoms. The van der Waals surface area contributed by atoms with Gasteiger partial charge in [-0.2, -0.15) is 0 Å². The van der Waals surface area contributed by atoms with Crippen molar-refractivity contribution in [3.63, 3.8) is 0 Å². The van der Waals surface area contributed by atoms with E-state index in [1.807, 2.05) is 55.5 Å². The molecule has 0 radical (unpaired) electrons. The minimum atomic E-state index is -0.922. The van der Waals surface area contributed by atoms with Crippen molar-refractivity contribution in [1.29, 1.82) is 0 Å². The number of aryl methyl sites for hydroxylation is 1. The monoisotopic (exact) mass is 381 g/mol. The van der Waals surface area contributed by atoms with Crippen LogP contribution in [0.1, 0.15) is 27.0 Å². The van der Waals surface area contributed by atoms with Crippen molar-refractivity contribution in [3.05, 3.63) is 94.0 Å². The van der Waals surface area contributed by atoms with Gasteiger partial charge in [-0.1, -0.05) is 35.9 Å². The van der Waals surface area contributed by atoms with Crippen LogP contribution in [-0.2, 0) is 13.2 Å². The molecule has 0 aliphatic rings. The molecule has 0 unspecified atom stereocenters. The minimum Gasteiger partial charge on any atom is -0.489 e. The zero-order valence-electron chi connectivity index (χ0n) is 14.9. The highest BCUT2D eigenvalue weighted by Gasteiger charge is 2.06. The lowest BCUT2D eigenvalue weighted by Crippen LogP contribution is -2.03.